The van der Waals surface area contributed by atoms with Crippen molar-refractivity contribution in [3.63, 3.8) is 0 Å². The van der Waals surface area contributed by atoms with E-state index in [-0.39, 0.29) is 6.09 Å². The van der Waals surface area contributed by atoms with Crippen molar-refractivity contribution in [2.24, 2.45) is 0 Å². The highest BCUT2D eigenvalue weighted by Gasteiger charge is 2.22. The molecule has 8 heteroatoms. The van der Waals surface area contributed by atoms with Crippen LogP contribution in [0.1, 0.15) is 12.3 Å². The Balaban J connectivity index is 1.31. The van der Waals surface area contributed by atoms with Gasteiger partial charge in [-0.05, 0) is 30.0 Å². The van der Waals surface area contributed by atoms with Gasteiger partial charge in [-0.15, -0.1) is 11.3 Å². The van der Waals surface area contributed by atoms with Gasteiger partial charge in [-0.3, -0.25) is 4.90 Å². The van der Waals surface area contributed by atoms with E-state index in [1.165, 1.54) is 0 Å². The number of amides is 1. The number of benzene rings is 1. The molecule has 27 heavy (non-hydrogen) atoms. The van der Waals surface area contributed by atoms with E-state index in [4.69, 9.17) is 9.26 Å². The third-order valence-electron chi connectivity index (χ3n) is 4.36. The van der Waals surface area contributed by atoms with E-state index in [2.05, 4.69) is 15.0 Å². The molecule has 0 saturated carbocycles. The monoisotopic (exact) mass is 384 g/mol. The van der Waals surface area contributed by atoms with Crippen molar-refractivity contribution in [1.29, 1.82) is 0 Å². The van der Waals surface area contributed by atoms with Gasteiger partial charge in [0.25, 0.3) is 0 Å². The van der Waals surface area contributed by atoms with Crippen LogP contribution < -0.4 is 4.74 Å². The van der Waals surface area contributed by atoms with E-state index in [0.29, 0.717) is 37.1 Å². The fourth-order valence-corrected chi connectivity index (χ4v) is 3.63. The summed E-state index contributed by atoms with van der Waals surface area (Å²) in [5.41, 5.74) is 0. The van der Waals surface area contributed by atoms with Crippen molar-refractivity contribution in [1.82, 2.24) is 19.9 Å². The summed E-state index contributed by atoms with van der Waals surface area (Å²) in [4.78, 5) is 21.8. The number of ether oxygens (including phenoxy) is 1. The van der Waals surface area contributed by atoms with E-state index in [9.17, 15) is 4.79 Å². The molecule has 1 aliphatic heterocycles. The molecule has 1 aromatic carbocycles. The molecule has 4 rings (SSSR count). The second-order valence-electron chi connectivity index (χ2n) is 6.29. The predicted molar refractivity (Wildman–Crippen MR) is 102 cm³/mol. The maximum atomic E-state index is 12.4. The first kappa shape index (κ1) is 17.7. The van der Waals surface area contributed by atoms with Gasteiger partial charge in [0.05, 0.1) is 11.4 Å². The van der Waals surface area contributed by atoms with Gasteiger partial charge in [0.1, 0.15) is 5.75 Å². The summed E-state index contributed by atoms with van der Waals surface area (Å²) in [5.74, 6) is 1.79. The number of hydrogen-bond acceptors (Lipinski definition) is 7. The van der Waals surface area contributed by atoms with E-state index in [1.807, 2.05) is 35.7 Å². The molecule has 0 unspecified atom stereocenters. The summed E-state index contributed by atoms with van der Waals surface area (Å²) < 4.78 is 10.8. The number of para-hydroxylation sites is 1. The maximum absolute atomic E-state index is 12.4. The largest absolute Gasteiger partial charge is 0.415 e. The van der Waals surface area contributed by atoms with Crippen LogP contribution in [0.2, 0.25) is 0 Å². The standard InChI is InChI=1S/C19H20N4O3S/c24-19(25-15-6-2-1-3-7-15)23-10-5-9-22(11-12-23)14-17-20-18(21-26-17)16-8-4-13-27-16/h1-4,6-8,13H,5,9-12,14H2. The summed E-state index contributed by atoms with van der Waals surface area (Å²) in [7, 11) is 0. The lowest BCUT2D eigenvalue weighted by atomic mass is 10.3. The van der Waals surface area contributed by atoms with Crippen LogP contribution >= 0.6 is 11.3 Å². The van der Waals surface area contributed by atoms with Gasteiger partial charge >= 0.3 is 6.09 Å². The molecular formula is C19H20N4O3S. The van der Waals surface area contributed by atoms with Crippen LogP contribution in [0.15, 0.2) is 52.4 Å². The van der Waals surface area contributed by atoms with E-state index in [1.54, 1.807) is 28.4 Å². The molecular weight excluding hydrogens is 364 g/mol. The Hall–Kier alpha value is -2.71. The van der Waals surface area contributed by atoms with E-state index >= 15 is 0 Å². The molecule has 0 N–H and O–H groups in total. The van der Waals surface area contributed by atoms with E-state index in [0.717, 1.165) is 24.4 Å². The quantitative estimate of drug-likeness (QED) is 0.686. The van der Waals surface area contributed by atoms with Crippen molar-refractivity contribution >= 4 is 17.4 Å². The zero-order chi connectivity index (χ0) is 18.5. The number of carbonyl (C=O) groups excluding carboxylic acids is 1. The lowest BCUT2D eigenvalue weighted by Crippen LogP contribution is -2.37. The average Bonchev–Trinajstić information content (AvgIpc) is 3.31. The minimum absolute atomic E-state index is 0.305. The van der Waals surface area contributed by atoms with Gasteiger partial charge in [-0.25, -0.2) is 4.79 Å². The normalized spacial score (nSPS) is 15.5. The fourth-order valence-electron chi connectivity index (χ4n) is 2.98. The van der Waals surface area contributed by atoms with Crippen molar-refractivity contribution in [2.45, 2.75) is 13.0 Å². The molecule has 1 aliphatic rings. The Bertz CT molecular complexity index is 866. The summed E-state index contributed by atoms with van der Waals surface area (Å²) >= 11 is 1.59. The molecule has 1 saturated heterocycles. The van der Waals surface area contributed by atoms with Crippen molar-refractivity contribution in [3.8, 4) is 16.5 Å². The zero-order valence-corrected chi connectivity index (χ0v) is 15.6. The minimum atomic E-state index is -0.305. The molecule has 140 valence electrons. The zero-order valence-electron chi connectivity index (χ0n) is 14.8. The first-order valence-electron chi connectivity index (χ1n) is 8.88. The highest BCUT2D eigenvalue weighted by molar-refractivity contribution is 7.13. The summed E-state index contributed by atoms with van der Waals surface area (Å²) in [5, 5.41) is 6.04. The highest BCUT2D eigenvalue weighted by atomic mass is 32.1. The van der Waals surface area contributed by atoms with Gasteiger partial charge in [-0.1, -0.05) is 29.4 Å². The Morgan fingerprint density at radius 3 is 2.81 bits per heavy atom. The van der Waals surface area contributed by atoms with Gasteiger partial charge in [0.2, 0.25) is 11.7 Å². The van der Waals surface area contributed by atoms with Crippen LogP contribution in [0.4, 0.5) is 4.79 Å². The molecule has 1 fully saturated rings. The highest BCUT2D eigenvalue weighted by Crippen LogP contribution is 2.21. The van der Waals surface area contributed by atoms with Crippen molar-refractivity contribution in [3.05, 3.63) is 53.7 Å². The summed E-state index contributed by atoms with van der Waals surface area (Å²) in [6, 6.07) is 13.1. The third kappa shape index (κ3) is 4.53. The molecule has 3 aromatic rings. The Morgan fingerprint density at radius 2 is 2.00 bits per heavy atom. The lowest BCUT2D eigenvalue weighted by Gasteiger charge is -2.20. The van der Waals surface area contributed by atoms with Crippen LogP contribution in [0, 0.1) is 0 Å². The Morgan fingerprint density at radius 1 is 1.11 bits per heavy atom. The molecule has 3 heterocycles. The fraction of sp³-hybridized carbons (Fsp3) is 0.316. The number of rotatable bonds is 4. The number of nitrogens with zero attached hydrogens (tertiary/aromatic N) is 4. The molecule has 0 aliphatic carbocycles. The predicted octanol–water partition coefficient (Wildman–Crippen LogP) is 3.50. The smallest absolute Gasteiger partial charge is 0.410 e. The molecule has 0 spiro atoms. The Kier molecular flexibility index (Phi) is 5.45. The molecule has 1 amide bonds. The summed E-state index contributed by atoms with van der Waals surface area (Å²) in [6.45, 7) is 3.47. The SMILES string of the molecule is O=C(Oc1ccccc1)N1CCCN(Cc2nc(-c3cccs3)no2)CC1. The van der Waals surface area contributed by atoms with Gasteiger partial charge < -0.3 is 14.2 Å². The van der Waals surface area contributed by atoms with Crippen LogP contribution in [0.25, 0.3) is 10.7 Å². The molecule has 0 radical (unpaired) electrons. The second-order valence-corrected chi connectivity index (χ2v) is 7.23. The maximum Gasteiger partial charge on any atom is 0.415 e. The molecule has 2 aromatic heterocycles. The molecule has 0 bridgehead atoms. The summed E-state index contributed by atoms with van der Waals surface area (Å²) in [6.07, 6.45) is 0.566. The van der Waals surface area contributed by atoms with Gasteiger partial charge in [0, 0.05) is 26.2 Å². The second kappa shape index (κ2) is 8.32. The molecule has 7 nitrogen and oxygen atoms in total. The average molecular weight is 384 g/mol. The minimum Gasteiger partial charge on any atom is -0.410 e. The van der Waals surface area contributed by atoms with Crippen LogP contribution in [-0.2, 0) is 6.54 Å². The molecule has 0 atom stereocenters. The van der Waals surface area contributed by atoms with Crippen molar-refractivity contribution < 1.29 is 14.1 Å². The van der Waals surface area contributed by atoms with Crippen LogP contribution in [-0.4, -0.2) is 52.2 Å². The van der Waals surface area contributed by atoms with Crippen LogP contribution in [0.3, 0.4) is 0 Å². The number of aromatic nitrogens is 2. The van der Waals surface area contributed by atoms with Crippen LogP contribution in [0.5, 0.6) is 5.75 Å². The third-order valence-corrected chi connectivity index (χ3v) is 5.23. The number of carbonyl (C=O) groups is 1. The van der Waals surface area contributed by atoms with E-state index < -0.39 is 0 Å². The Labute approximate surface area is 161 Å². The van der Waals surface area contributed by atoms with Crippen molar-refractivity contribution in [2.75, 3.05) is 26.2 Å². The first-order chi connectivity index (χ1) is 13.3. The topological polar surface area (TPSA) is 71.7 Å². The lowest BCUT2D eigenvalue weighted by molar-refractivity contribution is 0.152. The van der Waals surface area contributed by atoms with Gasteiger partial charge in [0.15, 0.2) is 0 Å². The van der Waals surface area contributed by atoms with Gasteiger partial charge in [-0.2, -0.15) is 4.98 Å². The number of hydrogen-bond donors (Lipinski definition) is 0. The first-order valence-corrected chi connectivity index (χ1v) is 9.76. The number of thiophene rings is 1.